The predicted molar refractivity (Wildman–Crippen MR) is 71.1 cm³/mol. The number of nitrogens with one attached hydrogen (secondary N) is 1. The smallest absolute Gasteiger partial charge is 0.282 e. The summed E-state index contributed by atoms with van der Waals surface area (Å²) < 4.78 is 1.88. The van der Waals surface area contributed by atoms with E-state index in [4.69, 9.17) is 0 Å². The number of thioether (sulfide) groups is 1. The van der Waals surface area contributed by atoms with E-state index in [1.54, 1.807) is 13.2 Å². The van der Waals surface area contributed by atoms with Crippen LogP contribution in [0.1, 0.15) is 12.8 Å². The zero-order valence-electron chi connectivity index (χ0n) is 9.07. The highest BCUT2D eigenvalue weighted by atomic mass is 79.9. The zero-order chi connectivity index (χ0) is 11.5. The summed E-state index contributed by atoms with van der Waals surface area (Å²) in [7, 11) is 1.64. The molecule has 0 bridgehead atoms. The quantitative estimate of drug-likeness (QED) is 0.926. The normalized spacial score (nSPS) is 20.0. The van der Waals surface area contributed by atoms with Crippen LogP contribution in [0.15, 0.2) is 15.5 Å². The van der Waals surface area contributed by atoms with Gasteiger partial charge in [0.1, 0.15) is 4.47 Å². The maximum Gasteiger partial charge on any atom is 0.282 e. The molecule has 1 aliphatic rings. The van der Waals surface area contributed by atoms with Crippen molar-refractivity contribution in [1.29, 1.82) is 0 Å². The summed E-state index contributed by atoms with van der Waals surface area (Å²) in [5.41, 5.74) is 0.680. The minimum atomic E-state index is -0.107. The lowest BCUT2D eigenvalue weighted by molar-refractivity contribution is 0.702. The van der Waals surface area contributed by atoms with E-state index in [1.807, 2.05) is 11.8 Å². The van der Waals surface area contributed by atoms with Gasteiger partial charge in [-0.05, 0) is 34.5 Å². The summed E-state index contributed by atoms with van der Waals surface area (Å²) in [4.78, 5) is 11.6. The summed E-state index contributed by atoms with van der Waals surface area (Å²) in [5.74, 6) is 1.25. The van der Waals surface area contributed by atoms with Crippen LogP contribution in [0.3, 0.4) is 0 Å². The Morgan fingerprint density at radius 1 is 1.75 bits per heavy atom. The van der Waals surface area contributed by atoms with Crippen LogP contribution in [0.25, 0.3) is 0 Å². The first-order chi connectivity index (χ1) is 7.68. The summed E-state index contributed by atoms with van der Waals surface area (Å²) in [6.07, 6.45) is 4.24. The highest BCUT2D eigenvalue weighted by Crippen LogP contribution is 2.26. The van der Waals surface area contributed by atoms with Gasteiger partial charge in [0.2, 0.25) is 0 Å². The molecule has 1 fully saturated rings. The fraction of sp³-hybridized carbons (Fsp3) is 0.600. The van der Waals surface area contributed by atoms with E-state index in [-0.39, 0.29) is 5.56 Å². The lowest BCUT2D eigenvalue weighted by atomic mass is 10.2. The van der Waals surface area contributed by atoms with Gasteiger partial charge in [0.15, 0.2) is 0 Å². The Balaban J connectivity index is 2.04. The molecule has 16 heavy (non-hydrogen) atoms. The van der Waals surface area contributed by atoms with Crippen LogP contribution in [0.4, 0.5) is 5.69 Å². The molecule has 0 aromatic carbocycles. The summed E-state index contributed by atoms with van der Waals surface area (Å²) >= 11 is 5.29. The highest BCUT2D eigenvalue weighted by Gasteiger charge is 2.16. The Kier molecular flexibility index (Phi) is 3.91. The second-order valence-corrected chi connectivity index (χ2v) is 6.02. The van der Waals surface area contributed by atoms with Crippen molar-refractivity contribution in [2.45, 2.75) is 18.1 Å². The number of hydrogen-bond donors (Lipinski definition) is 1. The Bertz CT molecular complexity index is 429. The third kappa shape index (κ3) is 2.60. The SMILES string of the molecule is Cn1ncc(NCC2CCCS2)c(Br)c1=O. The van der Waals surface area contributed by atoms with Gasteiger partial charge in [0.05, 0.1) is 11.9 Å². The Morgan fingerprint density at radius 2 is 2.56 bits per heavy atom. The largest absolute Gasteiger partial charge is 0.382 e. The molecule has 1 saturated heterocycles. The fourth-order valence-electron chi connectivity index (χ4n) is 1.66. The maximum absolute atomic E-state index is 11.6. The Hall–Kier alpha value is -0.490. The van der Waals surface area contributed by atoms with Gasteiger partial charge in [0, 0.05) is 18.8 Å². The molecule has 88 valence electrons. The van der Waals surface area contributed by atoms with Crippen LogP contribution >= 0.6 is 27.7 Å². The van der Waals surface area contributed by atoms with E-state index < -0.39 is 0 Å². The van der Waals surface area contributed by atoms with Gasteiger partial charge >= 0.3 is 0 Å². The third-order valence-electron chi connectivity index (χ3n) is 2.62. The molecule has 1 aliphatic heterocycles. The molecule has 0 spiro atoms. The molecule has 0 amide bonds. The Morgan fingerprint density at radius 3 is 3.25 bits per heavy atom. The second kappa shape index (κ2) is 5.23. The number of hydrogen-bond acceptors (Lipinski definition) is 4. The molecule has 6 heteroatoms. The van der Waals surface area contributed by atoms with E-state index in [9.17, 15) is 4.79 Å². The standard InChI is InChI=1S/C10H14BrN3OS/c1-14-10(15)9(11)8(6-13-14)12-5-7-3-2-4-16-7/h6-7,12H,2-5H2,1H3. The van der Waals surface area contributed by atoms with Crippen molar-refractivity contribution in [3.8, 4) is 0 Å². The van der Waals surface area contributed by atoms with E-state index in [0.29, 0.717) is 9.72 Å². The first-order valence-corrected chi connectivity index (χ1v) is 7.10. The van der Waals surface area contributed by atoms with Gasteiger partial charge in [0.25, 0.3) is 5.56 Å². The van der Waals surface area contributed by atoms with E-state index in [1.165, 1.54) is 23.3 Å². The first-order valence-electron chi connectivity index (χ1n) is 5.26. The molecular formula is C10H14BrN3OS. The molecule has 1 unspecified atom stereocenters. The van der Waals surface area contributed by atoms with Crippen molar-refractivity contribution in [3.63, 3.8) is 0 Å². The topological polar surface area (TPSA) is 46.9 Å². The minimum Gasteiger partial charge on any atom is -0.382 e. The van der Waals surface area contributed by atoms with Crippen molar-refractivity contribution in [2.24, 2.45) is 7.05 Å². The molecule has 1 aromatic heterocycles. The summed E-state index contributed by atoms with van der Waals surface area (Å²) in [5, 5.41) is 7.93. The molecule has 4 nitrogen and oxygen atoms in total. The van der Waals surface area contributed by atoms with Crippen LogP contribution in [0, 0.1) is 0 Å². The highest BCUT2D eigenvalue weighted by molar-refractivity contribution is 9.10. The van der Waals surface area contributed by atoms with Gasteiger partial charge in [-0.15, -0.1) is 0 Å². The average molecular weight is 304 g/mol. The number of aryl methyl sites for hydroxylation is 1. The minimum absolute atomic E-state index is 0.107. The van der Waals surface area contributed by atoms with Gasteiger partial charge in [-0.1, -0.05) is 0 Å². The molecule has 1 aromatic rings. The molecule has 2 rings (SSSR count). The fourth-order valence-corrected chi connectivity index (χ4v) is 3.36. The van der Waals surface area contributed by atoms with Crippen molar-refractivity contribution in [1.82, 2.24) is 9.78 Å². The van der Waals surface area contributed by atoms with E-state index in [0.717, 1.165) is 12.2 Å². The lowest BCUT2D eigenvalue weighted by Gasteiger charge is -2.12. The van der Waals surface area contributed by atoms with E-state index >= 15 is 0 Å². The number of halogens is 1. The number of aromatic nitrogens is 2. The summed E-state index contributed by atoms with van der Waals surface area (Å²) in [6.45, 7) is 0.901. The van der Waals surface area contributed by atoms with Gasteiger partial charge in [-0.2, -0.15) is 16.9 Å². The Labute approximate surface area is 107 Å². The molecule has 0 saturated carbocycles. The maximum atomic E-state index is 11.6. The van der Waals surface area contributed by atoms with Crippen molar-refractivity contribution >= 4 is 33.4 Å². The van der Waals surface area contributed by atoms with Crippen molar-refractivity contribution in [3.05, 3.63) is 21.0 Å². The molecule has 0 aliphatic carbocycles. The lowest BCUT2D eigenvalue weighted by Crippen LogP contribution is -2.23. The van der Waals surface area contributed by atoms with E-state index in [2.05, 4.69) is 26.3 Å². The van der Waals surface area contributed by atoms with Gasteiger partial charge in [-0.3, -0.25) is 4.79 Å². The first kappa shape index (κ1) is 12.0. The second-order valence-electron chi connectivity index (χ2n) is 3.82. The monoisotopic (exact) mass is 303 g/mol. The number of nitrogens with zero attached hydrogens (tertiary/aromatic N) is 2. The molecule has 2 heterocycles. The van der Waals surface area contributed by atoms with Crippen LogP contribution < -0.4 is 10.9 Å². The molecule has 1 atom stereocenters. The number of rotatable bonds is 3. The van der Waals surface area contributed by atoms with Crippen molar-refractivity contribution < 1.29 is 0 Å². The van der Waals surface area contributed by atoms with Crippen molar-refractivity contribution in [2.75, 3.05) is 17.6 Å². The third-order valence-corrected chi connectivity index (χ3v) is 4.79. The zero-order valence-corrected chi connectivity index (χ0v) is 11.5. The van der Waals surface area contributed by atoms with Gasteiger partial charge < -0.3 is 5.32 Å². The van der Waals surface area contributed by atoms with Crippen LogP contribution in [0.2, 0.25) is 0 Å². The van der Waals surface area contributed by atoms with Crippen LogP contribution in [-0.2, 0) is 7.05 Å². The van der Waals surface area contributed by atoms with Gasteiger partial charge in [-0.25, -0.2) is 4.68 Å². The van der Waals surface area contributed by atoms with Crippen LogP contribution in [0.5, 0.6) is 0 Å². The average Bonchev–Trinajstić information content (AvgIpc) is 2.78. The predicted octanol–water partition coefficient (Wildman–Crippen LogP) is 1.85. The molecule has 0 radical (unpaired) electrons. The number of anilines is 1. The molecular weight excluding hydrogens is 290 g/mol. The summed E-state index contributed by atoms with van der Waals surface area (Å²) in [6, 6.07) is 0. The molecule has 1 N–H and O–H groups in total. The van der Waals surface area contributed by atoms with Crippen LogP contribution in [-0.4, -0.2) is 27.3 Å².